The van der Waals surface area contributed by atoms with E-state index in [9.17, 15) is 5.11 Å². The maximum absolute atomic E-state index is 11.0. The highest BCUT2D eigenvalue weighted by molar-refractivity contribution is 6.23. The molecule has 0 amide bonds. The highest BCUT2D eigenvalue weighted by Crippen LogP contribution is 2.46. The Bertz CT molecular complexity index is 1460. The summed E-state index contributed by atoms with van der Waals surface area (Å²) in [5, 5.41) is 17.1. The standard InChI is InChI=1S/C27H17NO/c29-27-19-11-3-1-9-17(19)25(18-10-2-4-12-20(18)27)26-21-13-5-7-15-23(21)28-24-16-8-6-14-22(24)26/h1-16,29H. The van der Waals surface area contributed by atoms with Gasteiger partial charge in [0, 0.05) is 27.1 Å². The van der Waals surface area contributed by atoms with Crippen LogP contribution in [0.15, 0.2) is 97.1 Å². The molecule has 0 saturated heterocycles. The van der Waals surface area contributed by atoms with Crippen molar-refractivity contribution in [1.82, 2.24) is 4.98 Å². The van der Waals surface area contributed by atoms with E-state index in [2.05, 4.69) is 48.5 Å². The van der Waals surface area contributed by atoms with Crippen molar-refractivity contribution in [3.8, 4) is 16.9 Å². The van der Waals surface area contributed by atoms with E-state index in [-0.39, 0.29) is 0 Å². The van der Waals surface area contributed by atoms with Crippen molar-refractivity contribution in [3.63, 3.8) is 0 Å². The Morgan fingerprint density at radius 2 is 0.759 bits per heavy atom. The molecule has 1 heterocycles. The summed E-state index contributed by atoms with van der Waals surface area (Å²) in [6.45, 7) is 0. The van der Waals surface area contributed by atoms with Gasteiger partial charge in [0.05, 0.1) is 11.0 Å². The molecule has 2 heteroatoms. The molecule has 0 bridgehead atoms. The average molecular weight is 371 g/mol. The van der Waals surface area contributed by atoms with Crippen LogP contribution in [0.2, 0.25) is 0 Å². The number of rotatable bonds is 1. The first kappa shape index (κ1) is 16.1. The van der Waals surface area contributed by atoms with Gasteiger partial charge in [0.15, 0.2) is 0 Å². The molecule has 0 fully saturated rings. The van der Waals surface area contributed by atoms with Gasteiger partial charge in [-0.15, -0.1) is 0 Å². The molecular weight excluding hydrogens is 354 g/mol. The number of phenols is 1. The van der Waals surface area contributed by atoms with E-state index in [1.807, 2.05) is 48.5 Å². The molecule has 1 N–H and O–H groups in total. The van der Waals surface area contributed by atoms with Crippen LogP contribution in [-0.2, 0) is 0 Å². The van der Waals surface area contributed by atoms with E-state index in [4.69, 9.17) is 4.98 Å². The zero-order chi connectivity index (χ0) is 19.4. The molecule has 5 aromatic carbocycles. The first-order chi connectivity index (χ1) is 14.3. The van der Waals surface area contributed by atoms with Crippen molar-refractivity contribution in [2.45, 2.75) is 0 Å². The number of fused-ring (bicyclic) bond motifs is 4. The molecular formula is C27H17NO. The fourth-order valence-corrected chi connectivity index (χ4v) is 4.48. The van der Waals surface area contributed by atoms with Crippen molar-refractivity contribution in [2.75, 3.05) is 0 Å². The number of para-hydroxylation sites is 2. The summed E-state index contributed by atoms with van der Waals surface area (Å²) < 4.78 is 0. The average Bonchev–Trinajstić information content (AvgIpc) is 2.79. The quantitative estimate of drug-likeness (QED) is 0.314. The second kappa shape index (κ2) is 6.05. The van der Waals surface area contributed by atoms with Crippen LogP contribution < -0.4 is 0 Å². The van der Waals surface area contributed by atoms with Crippen LogP contribution in [-0.4, -0.2) is 10.1 Å². The highest BCUT2D eigenvalue weighted by atomic mass is 16.3. The normalized spacial score (nSPS) is 11.6. The van der Waals surface area contributed by atoms with Gasteiger partial charge in [-0.25, -0.2) is 4.98 Å². The van der Waals surface area contributed by atoms with Crippen LogP contribution in [0.4, 0.5) is 0 Å². The number of benzene rings is 5. The number of hydrogen-bond acceptors (Lipinski definition) is 2. The van der Waals surface area contributed by atoms with Gasteiger partial charge in [0.2, 0.25) is 0 Å². The maximum atomic E-state index is 11.0. The Balaban J connectivity index is 1.96. The van der Waals surface area contributed by atoms with Gasteiger partial charge in [0.25, 0.3) is 0 Å². The van der Waals surface area contributed by atoms with Crippen molar-refractivity contribution >= 4 is 43.4 Å². The largest absolute Gasteiger partial charge is 0.507 e. The third-order valence-electron chi connectivity index (χ3n) is 5.74. The highest BCUT2D eigenvalue weighted by Gasteiger charge is 2.18. The summed E-state index contributed by atoms with van der Waals surface area (Å²) in [4.78, 5) is 4.89. The molecule has 29 heavy (non-hydrogen) atoms. The van der Waals surface area contributed by atoms with Crippen LogP contribution in [0.3, 0.4) is 0 Å². The third kappa shape index (κ3) is 2.26. The zero-order valence-corrected chi connectivity index (χ0v) is 15.6. The number of aromatic nitrogens is 1. The minimum Gasteiger partial charge on any atom is -0.507 e. The van der Waals surface area contributed by atoms with E-state index in [0.717, 1.165) is 48.9 Å². The molecule has 0 aliphatic carbocycles. The first-order valence-corrected chi connectivity index (χ1v) is 9.73. The monoisotopic (exact) mass is 371 g/mol. The molecule has 0 unspecified atom stereocenters. The topological polar surface area (TPSA) is 33.1 Å². The van der Waals surface area contributed by atoms with Gasteiger partial charge in [-0.05, 0) is 28.5 Å². The molecule has 0 radical (unpaired) electrons. The maximum Gasteiger partial charge on any atom is 0.131 e. The fourth-order valence-electron chi connectivity index (χ4n) is 4.48. The molecule has 0 spiro atoms. The number of hydrogen-bond donors (Lipinski definition) is 1. The van der Waals surface area contributed by atoms with Gasteiger partial charge in [-0.1, -0.05) is 84.9 Å². The summed E-state index contributed by atoms with van der Waals surface area (Å²) >= 11 is 0. The lowest BCUT2D eigenvalue weighted by Crippen LogP contribution is -1.92. The lowest BCUT2D eigenvalue weighted by atomic mass is 9.87. The summed E-state index contributed by atoms with van der Waals surface area (Å²) in [6.07, 6.45) is 0. The molecule has 0 aliphatic heterocycles. The van der Waals surface area contributed by atoms with Crippen LogP contribution >= 0.6 is 0 Å². The molecule has 6 aromatic rings. The first-order valence-electron chi connectivity index (χ1n) is 9.73. The van der Waals surface area contributed by atoms with E-state index in [0.29, 0.717) is 5.75 Å². The van der Waals surface area contributed by atoms with E-state index >= 15 is 0 Å². The van der Waals surface area contributed by atoms with Crippen LogP contribution in [0.25, 0.3) is 54.5 Å². The fraction of sp³-hybridized carbons (Fsp3) is 0. The van der Waals surface area contributed by atoms with Crippen LogP contribution in [0.5, 0.6) is 5.75 Å². The van der Waals surface area contributed by atoms with E-state index in [1.54, 1.807) is 0 Å². The molecule has 6 rings (SSSR count). The molecule has 1 aromatic heterocycles. The minimum absolute atomic E-state index is 0.336. The number of pyridine rings is 1. The molecule has 0 saturated carbocycles. The lowest BCUT2D eigenvalue weighted by molar-refractivity contribution is 0.488. The summed E-state index contributed by atoms with van der Waals surface area (Å²) in [5.41, 5.74) is 4.26. The smallest absolute Gasteiger partial charge is 0.131 e. The van der Waals surface area contributed by atoms with Gasteiger partial charge in [-0.3, -0.25) is 0 Å². The SMILES string of the molecule is Oc1c2ccccc2c(-c2c3ccccc3nc3ccccc23)c2ccccc12. The summed E-state index contributed by atoms with van der Waals surface area (Å²) in [6, 6.07) is 32.8. The van der Waals surface area contributed by atoms with E-state index in [1.165, 1.54) is 5.56 Å². The Morgan fingerprint density at radius 3 is 1.24 bits per heavy atom. The summed E-state index contributed by atoms with van der Waals surface area (Å²) in [7, 11) is 0. The predicted octanol–water partition coefficient (Wildman–Crippen LogP) is 7.07. The van der Waals surface area contributed by atoms with Crippen LogP contribution in [0, 0.1) is 0 Å². The van der Waals surface area contributed by atoms with Crippen molar-refractivity contribution < 1.29 is 5.11 Å². The van der Waals surface area contributed by atoms with Gasteiger partial charge in [0.1, 0.15) is 5.75 Å². The molecule has 2 nitrogen and oxygen atoms in total. The molecule has 0 aliphatic rings. The molecule has 136 valence electrons. The van der Waals surface area contributed by atoms with Crippen molar-refractivity contribution in [3.05, 3.63) is 97.1 Å². The Morgan fingerprint density at radius 1 is 0.414 bits per heavy atom. The minimum atomic E-state index is 0.336. The zero-order valence-electron chi connectivity index (χ0n) is 15.6. The Kier molecular flexibility index (Phi) is 3.35. The predicted molar refractivity (Wildman–Crippen MR) is 121 cm³/mol. The van der Waals surface area contributed by atoms with E-state index < -0.39 is 0 Å². The Labute approximate surface area is 167 Å². The second-order valence-corrected chi connectivity index (χ2v) is 7.34. The van der Waals surface area contributed by atoms with Gasteiger partial charge < -0.3 is 5.11 Å². The van der Waals surface area contributed by atoms with Crippen molar-refractivity contribution in [1.29, 1.82) is 0 Å². The van der Waals surface area contributed by atoms with Gasteiger partial charge in [-0.2, -0.15) is 0 Å². The van der Waals surface area contributed by atoms with Gasteiger partial charge >= 0.3 is 0 Å². The lowest BCUT2D eigenvalue weighted by Gasteiger charge is -2.17. The summed E-state index contributed by atoms with van der Waals surface area (Å²) in [5.74, 6) is 0.336. The Hall–Kier alpha value is -3.91. The van der Waals surface area contributed by atoms with Crippen molar-refractivity contribution in [2.24, 2.45) is 0 Å². The van der Waals surface area contributed by atoms with Crippen LogP contribution in [0.1, 0.15) is 0 Å². The number of nitrogens with zero attached hydrogens (tertiary/aromatic N) is 1. The second-order valence-electron chi connectivity index (χ2n) is 7.34. The number of phenolic OH excluding ortho intramolecular Hbond substituents is 1. The third-order valence-corrected chi connectivity index (χ3v) is 5.74. The number of aromatic hydroxyl groups is 1. The molecule has 0 atom stereocenters.